The monoisotopic (exact) mass is 339 g/mol. The number of nitrogens with zero attached hydrogens (tertiary/aromatic N) is 1. The number of amidine groups is 1. The number of rotatable bonds is 4. The quantitative estimate of drug-likeness (QED) is 0.662. The Balaban J connectivity index is 2.18. The average Bonchev–Trinajstić information content (AvgIpc) is 2.37. The molecule has 3 N–H and O–H groups in total. The Morgan fingerprint density at radius 2 is 2.16 bits per heavy atom. The van der Waals surface area contributed by atoms with Crippen molar-refractivity contribution in [2.75, 3.05) is 0 Å². The Labute approximate surface area is 124 Å². The normalized spacial score (nSPS) is 10.2. The van der Waals surface area contributed by atoms with Crippen molar-refractivity contribution in [3.63, 3.8) is 0 Å². The van der Waals surface area contributed by atoms with Crippen LogP contribution in [-0.2, 0) is 6.61 Å². The van der Waals surface area contributed by atoms with E-state index in [1.54, 1.807) is 24.4 Å². The number of aromatic nitrogens is 1. The van der Waals surface area contributed by atoms with Crippen LogP contribution in [0.2, 0.25) is 5.02 Å². The summed E-state index contributed by atoms with van der Waals surface area (Å²) in [5.74, 6) is 0.356. The molecule has 2 rings (SSSR count). The summed E-state index contributed by atoms with van der Waals surface area (Å²) in [6.45, 7) is 0.286. The second-order valence-electron chi connectivity index (χ2n) is 3.78. The maximum Gasteiger partial charge on any atom is 0.132 e. The van der Waals surface area contributed by atoms with E-state index in [0.29, 0.717) is 16.3 Å². The van der Waals surface area contributed by atoms with E-state index in [4.69, 9.17) is 27.5 Å². The smallest absolute Gasteiger partial charge is 0.132 e. The van der Waals surface area contributed by atoms with E-state index >= 15 is 0 Å². The molecule has 0 amide bonds. The van der Waals surface area contributed by atoms with E-state index in [-0.39, 0.29) is 12.4 Å². The molecule has 6 heteroatoms. The molecule has 0 saturated heterocycles. The van der Waals surface area contributed by atoms with E-state index in [0.717, 1.165) is 10.2 Å². The number of halogens is 2. The summed E-state index contributed by atoms with van der Waals surface area (Å²) in [4.78, 5) is 4.20. The predicted octanol–water partition coefficient (Wildman–Crippen LogP) is 3.36. The van der Waals surface area contributed by atoms with Gasteiger partial charge in [-0.15, -0.1) is 0 Å². The second kappa shape index (κ2) is 6.04. The van der Waals surface area contributed by atoms with Crippen molar-refractivity contribution < 1.29 is 4.74 Å². The van der Waals surface area contributed by atoms with Crippen LogP contribution in [0.1, 0.15) is 11.3 Å². The van der Waals surface area contributed by atoms with Crippen LogP contribution in [0, 0.1) is 5.41 Å². The van der Waals surface area contributed by atoms with Crippen molar-refractivity contribution in [1.29, 1.82) is 5.41 Å². The van der Waals surface area contributed by atoms with Gasteiger partial charge in [0, 0.05) is 10.7 Å². The fourth-order valence-electron chi connectivity index (χ4n) is 1.53. The molecule has 1 aromatic carbocycles. The lowest BCUT2D eigenvalue weighted by Gasteiger charge is -2.11. The molecule has 2 aromatic rings. The molecule has 0 aliphatic rings. The van der Waals surface area contributed by atoms with Crippen LogP contribution < -0.4 is 10.5 Å². The third kappa shape index (κ3) is 3.45. The van der Waals surface area contributed by atoms with Crippen LogP contribution in [0.4, 0.5) is 0 Å². The number of nitrogens with two attached hydrogens (primary N) is 1. The van der Waals surface area contributed by atoms with Crippen LogP contribution in [-0.4, -0.2) is 10.8 Å². The first-order valence-corrected chi connectivity index (χ1v) is 6.61. The molecule has 0 fully saturated rings. The zero-order chi connectivity index (χ0) is 13.8. The van der Waals surface area contributed by atoms with Gasteiger partial charge in [0.25, 0.3) is 0 Å². The number of pyridine rings is 1. The topological polar surface area (TPSA) is 72.0 Å². The van der Waals surface area contributed by atoms with Crippen LogP contribution in [0.25, 0.3) is 0 Å². The molecule has 0 radical (unpaired) electrons. The molecule has 0 saturated carbocycles. The minimum Gasteiger partial charge on any atom is -0.486 e. The zero-order valence-electron chi connectivity index (χ0n) is 9.86. The molecule has 1 heterocycles. The second-order valence-corrected chi connectivity index (χ2v) is 5.11. The molecule has 0 aliphatic heterocycles. The van der Waals surface area contributed by atoms with Gasteiger partial charge in [-0.2, -0.15) is 0 Å². The van der Waals surface area contributed by atoms with Crippen molar-refractivity contribution >= 4 is 33.4 Å². The Bertz CT molecular complexity index is 601. The van der Waals surface area contributed by atoms with E-state index in [9.17, 15) is 0 Å². The molecular formula is C13H11BrClN3O. The van der Waals surface area contributed by atoms with E-state index < -0.39 is 0 Å². The number of hydrogen-bond donors (Lipinski definition) is 2. The van der Waals surface area contributed by atoms with Crippen LogP contribution >= 0.6 is 27.5 Å². The Hall–Kier alpha value is -1.59. The summed E-state index contributed by atoms with van der Waals surface area (Å²) >= 11 is 9.32. The van der Waals surface area contributed by atoms with Gasteiger partial charge < -0.3 is 10.5 Å². The fraction of sp³-hybridized carbons (Fsp3) is 0.0769. The highest BCUT2D eigenvalue weighted by Crippen LogP contribution is 2.26. The van der Waals surface area contributed by atoms with Crippen LogP contribution in [0.15, 0.2) is 41.0 Å². The van der Waals surface area contributed by atoms with Crippen molar-refractivity contribution in [2.45, 2.75) is 6.61 Å². The summed E-state index contributed by atoms with van der Waals surface area (Å²) in [5.41, 5.74) is 6.68. The Morgan fingerprint density at radius 1 is 1.37 bits per heavy atom. The lowest BCUT2D eigenvalue weighted by Crippen LogP contribution is -2.14. The van der Waals surface area contributed by atoms with Crippen molar-refractivity contribution in [1.82, 2.24) is 4.98 Å². The molecule has 0 spiro atoms. The molecule has 0 unspecified atom stereocenters. The minimum absolute atomic E-state index is 0.121. The molecule has 1 aromatic heterocycles. The number of hydrogen-bond acceptors (Lipinski definition) is 3. The zero-order valence-corrected chi connectivity index (χ0v) is 12.2. The van der Waals surface area contributed by atoms with Crippen molar-refractivity contribution in [3.8, 4) is 5.75 Å². The first kappa shape index (κ1) is 13.8. The summed E-state index contributed by atoms with van der Waals surface area (Å²) < 4.78 is 6.53. The maximum atomic E-state index is 7.52. The Kier molecular flexibility index (Phi) is 4.39. The SMILES string of the molecule is N=C(N)c1c(Cl)cccc1OCc1ccc(Br)cn1. The van der Waals surface area contributed by atoms with Gasteiger partial charge in [0.1, 0.15) is 18.2 Å². The maximum absolute atomic E-state index is 7.52. The summed E-state index contributed by atoms with van der Waals surface area (Å²) in [5, 5.41) is 7.92. The lowest BCUT2D eigenvalue weighted by molar-refractivity contribution is 0.300. The van der Waals surface area contributed by atoms with Gasteiger partial charge >= 0.3 is 0 Å². The van der Waals surface area contributed by atoms with Crippen LogP contribution in [0.3, 0.4) is 0 Å². The highest BCUT2D eigenvalue weighted by molar-refractivity contribution is 9.10. The van der Waals surface area contributed by atoms with Crippen molar-refractivity contribution in [3.05, 3.63) is 57.3 Å². The number of nitrogens with one attached hydrogen (secondary N) is 1. The third-order valence-corrected chi connectivity index (χ3v) is 3.19. The number of nitrogen functional groups attached to an aromatic ring is 1. The van der Waals surface area contributed by atoms with Crippen molar-refractivity contribution in [2.24, 2.45) is 5.73 Å². The van der Waals surface area contributed by atoms with Gasteiger partial charge in [-0.1, -0.05) is 17.7 Å². The first-order chi connectivity index (χ1) is 9.08. The van der Waals surface area contributed by atoms with E-state index in [1.807, 2.05) is 12.1 Å². The molecule has 98 valence electrons. The Morgan fingerprint density at radius 3 is 2.79 bits per heavy atom. The summed E-state index contributed by atoms with van der Waals surface area (Å²) in [6, 6.07) is 8.88. The van der Waals surface area contributed by atoms with E-state index in [2.05, 4.69) is 20.9 Å². The molecule has 0 aliphatic carbocycles. The first-order valence-electron chi connectivity index (χ1n) is 5.44. The standard InChI is InChI=1S/C13H11BrClN3O/c14-8-4-5-9(18-6-8)7-19-11-3-1-2-10(15)12(11)13(16)17/h1-6H,7H2,(H3,16,17). The fourth-order valence-corrected chi connectivity index (χ4v) is 2.03. The average molecular weight is 341 g/mol. The summed E-state index contributed by atoms with van der Waals surface area (Å²) in [6.07, 6.45) is 1.70. The largest absolute Gasteiger partial charge is 0.486 e. The lowest BCUT2D eigenvalue weighted by atomic mass is 10.2. The van der Waals surface area contributed by atoms with Gasteiger partial charge in [0.2, 0.25) is 0 Å². The molecule has 4 nitrogen and oxygen atoms in total. The molecular weight excluding hydrogens is 330 g/mol. The van der Waals surface area contributed by atoms with Gasteiger partial charge in [-0.25, -0.2) is 0 Å². The summed E-state index contributed by atoms with van der Waals surface area (Å²) in [7, 11) is 0. The van der Waals surface area contributed by atoms with Gasteiger partial charge in [-0.05, 0) is 40.2 Å². The number of benzene rings is 1. The molecule has 0 atom stereocenters. The molecule has 19 heavy (non-hydrogen) atoms. The van der Waals surface area contributed by atoms with E-state index in [1.165, 1.54) is 0 Å². The highest BCUT2D eigenvalue weighted by Gasteiger charge is 2.11. The van der Waals surface area contributed by atoms with Gasteiger partial charge in [0.05, 0.1) is 16.3 Å². The minimum atomic E-state index is -0.121. The van der Waals surface area contributed by atoms with Gasteiger partial charge in [-0.3, -0.25) is 10.4 Å². The van der Waals surface area contributed by atoms with Crippen LogP contribution in [0.5, 0.6) is 5.75 Å². The highest BCUT2D eigenvalue weighted by atomic mass is 79.9. The van der Waals surface area contributed by atoms with Gasteiger partial charge in [0.15, 0.2) is 0 Å². The molecule has 0 bridgehead atoms. The predicted molar refractivity (Wildman–Crippen MR) is 78.7 cm³/mol. The third-order valence-electron chi connectivity index (χ3n) is 2.41. The number of ether oxygens (including phenoxy) is 1.